The lowest BCUT2D eigenvalue weighted by atomic mass is 10.1. The Labute approximate surface area is 116 Å². The van der Waals surface area contributed by atoms with Crippen molar-refractivity contribution >= 4 is 11.7 Å². The Balaban J connectivity index is 2.24. The molecule has 0 heterocycles. The molecule has 0 aromatic heterocycles. The summed E-state index contributed by atoms with van der Waals surface area (Å²) >= 11 is 0. The lowest BCUT2D eigenvalue weighted by molar-refractivity contribution is 0.0497. The summed E-state index contributed by atoms with van der Waals surface area (Å²) < 4.78 is 5.25. The summed E-state index contributed by atoms with van der Waals surface area (Å²) in [5, 5.41) is 0. The molecule has 1 aromatic rings. The summed E-state index contributed by atoms with van der Waals surface area (Å²) in [7, 11) is 0. The molecule has 19 heavy (non-hydrogen) atoms. The third-order valence-corrected chi connectivity index (χ3v) is 3.07. The summed E-state index contributed by atoms with van der Waals surface area (Å²) in [6, 6.07) is 5.31. The predicted molar refractivity (Wildman–Crippen MR) is 79.2 cm³/mol. The SMILES string of the molecule is CCCCCCCCOC(=O)c1cc(C)cc(N)c1. The number of esters is 1. The van der Waals surface area contributed by atoms with Crippen LogP contribution < -0.4 is 5.73 Å². The predicted octanol–water partition coefficient (Wildman–Crippen LogP) is 4.09. The van der Waals surface area contributed by atoms with Gasteiger partial charge in [0.05, 0.1) is 12.2 Å². The van der Waals surface area contributed by atoms with Crippen LogP contribution in [0.25, 0.3) is 0 Å². The largest absolute Gasteiger partial charge is 0.462 e. The van der Waals surface area contributed by atoms with E-state index in [1.165, 1.54) is 25.7 Å². The number of benzene rings is 1. The Hall–Kier alpha value is -1.51. The molecule has 0 aliphatic rings. The minimum atomic E-state index is -0.274. The van der Waals surface area contributed by atoms with Crippen LogP contribution in [0.5, 0.6) is 0 Å². The quantitative estimate of drug-likeness (QED) is 0.436. The molecule has 0 saturated carbocycles. The van der Waals surface area contributed by atoms with Crippen LogP contribution in [0.1, 0.15) is 61.4 Å². The number of rotatable bonds is 8. The summed E-state index contributed by atoms with van der Waals surface area (Å²) in [4.78, 5) is 11.8. The van der Waals surface area contributed by atoms with Crippen molar-refractivity contribution < 1.29 is 9.53 Å². The Kier molecular flexibility index (Phi) is 7.01. The van der Waals surface area contributed by atoms with Crippen molar-refractivity contribution in [2.45, 2.75) is 52.4 Å². The maximum atomic E-state index is 11.8. The van der Waals surface area contributed by atoms with Gasteiger partial charge in [-0.3, -0.25) is 0 Å². The number of ether oxygens (including phenoxy) is 1. The standard InChI is InChI=1S/C16H25NO2/c1-3-4-5-6-7-8-9-19-16(18)14-10-13(2)11-15(17)12-14/h10-12H,3-9,17H2,1-2H3. The van der Waals surface area contributed by atoms with Crippen molar-refractivity contribution in [3.8, 4) is 0 Å². The number of hydrogen-bond acceptors (Lipinski definition) is 3. The average molecular weight is 263 g/mol. The highest BCUT2D eigenvalue weighted by Crippen LogP contribution is 2.13. The first kappa shape index (κ1) is 15.5. The smallest absolute Gasteiger partial charge is 0.338 e. The molecule has 0 radical (unpaired) electrons. The van der Waals surface area contributed by atoms with Crippen molar-refractivity contribution in [3.05, 3.63) is 29.3 Å². The highest BCUT2D eigenvalue weighted by molar-refractivity contribution is 5.90. The highest BCUT2D eigenvalue weighted by Gasteiger charge is 2.07. The number of hydrogen-bond donors (Lipinski definition) is 1. The molecule has 1 aromatic carbocycles. The highest BCUT2D eigenvalue weighted by atomic mass is 16.5. The Morgan fingerprint density at radius 3 is 2.47 bits per heavy atom. The molecule has 0 unspecified atom stereocenters. The number of aryl methyl sites for hydroxylation is 1. The molecule has 1 rings (SSSR count). The molecule has 0 fully saturated rings. The van der Waals surface area contributed by atoms with Gasteiger partial charge in [0.25, 0.3) is 0 Å². The van der Waals surface area contributed by atoms with E-state index in [9.17, 15) is 4.79 Å². The Morgan fingerprint density at radius 2 is 1.79 bits per heavy atom. The second-order valence-corrected chi connectivity index (χ2v) is 5.04. The molecule has 3 nitrogen and oxygen atoms in total. The number of carbonyl (C=O) groups excluding carboxylic acids is 1. The number of anilines is 1. The number of carbonyl (C=O) groups is 1. The van der Waals surface area contributed by atoms with E-state index in [1.54, 1.807) is 12.1 Å². The van der Waals surface area contributed by atoms with E-state index in [-0.39, 0.29) is 5.97 Å². The van der Waals surface area contributed by atoms with Crippen LogP contribution >= 0.6 is 0 Å². The summed E-state index contributed by atoms with van der Waals surface area (Å²) in [6.07, 6.45) is 7.12. The van der Waals surface area contributed by atoms with Crippen molar-refractivity contribution in [1.29, 1.82) is 0 Å². The summed E-state index contributed by atoms with van der Waals surface area (Å²) in [5.74, 6) is -0.274. The van der Waals surface area contributed by atoms with Crippen molar-refractivity contribution in [3.63, 3.8) is 0 Å². The normalized spacial score (nSPS) is 10.4. The van der Waals surface area contributed by atoms with E-state index in [4.69, 9.17) is 10.5 Å². The maximum absolute atomic E-state index is 11.8. The van der Waals surface area contributed by atoms with E-state index in [0.29, 0.717) is 17.9 Å². The first-order valence-electron chi connectivity index (χ1n) is 7.17. The molecule has 0 spiro atoms. The zero-order valence-corrected chi connectivity index (χ0v) is 12.1. The second kappa shape index (κ2) is 8.57. The van der Waals surface area contributed by atoms with E-state index >= 15 is 0 Å². The molecule has 0 amide bonds. The van der Waals surface area contributed by atoms with Gasteiger partial charge < -0.3 is 10.5 Å². The van der Waals surface area contributed by atoms with Crippen molar-refractivity contribution in [1.82, 2.24) is 0 Å². The van der Waals surface area contributed by atoms with Gasteiger partial charge in [0, 0.05) is 5.69 Å². The third-order valence-electron chi connectivity index (χ3n) is 3.07. The van der Waals surface area contributed by atoms with Crippen LogP contribution in [-0.2, 0) is 4.74 Å². The molecule has 0 saturated heterocycles. The molecule has 2 N–H and O–H groups in total. The number of nitrogens with two attached hydrogens (primary N) is 1. The summed E-state index contributed by atoms with van der Waals surface area (Å²) in [5.41, 5.74) is 7.84. The zero-order chi connectivity index (χ0) is 14.1. The topological polar surface area (TPSA) is 52.3 Å². The molecule has 106 valence electrons. The molecule has 0 bridgehead atoms. The fourth-order valence-electron chi connectivity index (χ4n) is 2.06. The van der Waals surface area contributed by atoms with Crippen LogP contribution in [0.4, 0.5) is 5.69 Å². The zero-order valence-electron chi connectivity index (χ0n) is 12.1. The van der Waals surface area contributed by atoms with Gasteiger partial charge in [-0.25, -0.2) is 4.79 Å². The molecular formula is C16H25NO2. The molecular weight excluding hydrogens is 238 g/mol. The molecule has 0 aliphatic carbocycles. The number of nitrogen functional groups attached to an aromatic ring is 1. The van der Waals surface area contributed by atoms with Crippen LogP contribution in [0, 0.1) is 6.92 Å². The Bertz CT molecular complexity index is 381. The number of unbranched alkanes of at least 4 members (excludes halogenated alkanes) is 5. The first-order chi connectivity index (χ1) is 9.13. The van der Waals surface area contributed by atoms with E-state index in [1.807, 2.05) is 13.0 Å². The van der Waals surface area contributed by atoms with Crippen LogP contribution in [0.2, 0.25) is 0 Å². The van der Waals surface area contributed by atoms with Crippen LogP contribution in [-0.4, -0.2) is 12.6 Å². The maximum Gasteiger partial charge on any atom is 0.338 e. The molecule has 0 atom stereocenters. The van der Waals surface area contributed by atoms with E-state index in [2.05, 4.69) is 6.92 Å². The molecule has 0 aliphatic heterocycles. The van der Waals surface area contributed by atoms with E-state index < -0.39 is 0 Å². The van der Waals surface area contributed by atoms with Gasteiger partial charge in [0.15, 0.2) is 0 Å². The van der Waals surface area contributed by atoms with Gasteiger partial charge in [-0.15, -0.1) is 0 Å². The van der Waals surface area contributed by atoms with Gasteiger partial charge in [0.2, 0.25) is 0 Å². The third kappa shape index (κ3) is 6.27. The van der Waals surface area contributed by atoms with Crippen molar-refractivity contribution in [2.24, 2.45) is 0 Å². The van der Waals surface area contributed by atoms with Gasteiger partial charge in [-0.05, 0) is 37.1 Å². The lowest BCUT2D eigenvalue weighted by Crippen LogP contribution is -2.07. The first-order valence-corrected chi connectivity index (χ1v) is 7.17. The molecule has 3 heteroatoms. The minimum Gasteiger partial charge on any atom is -0.462 e. The monoisotopic (exact) mass is 263 g/mol. The van der Waals surface area contributed by atoms with Gasteiger partial charge in [-0.2, -0.15) is 0 Å². The van der Waals surface area contributed by atoms with Gasteiger partial charge in [-0.1, -0.05) is 39.0 Å². The van der Waals surface area contributed by atoms with Crippen molar-refractivity contribution in [2.75, 3.05) is 12.3 Å². The van der Waals surface area contributed by atoms with Gasteiger partial charge >= 0.3 is 5.97 Å². The van der Waals surface area contributed by atoms with E-state index in [0.717, 1.165) is 18.4 Å². The fraction of sp³-hybridized carbons (Fsp3) is 0.562. The lowest BCUT2D eigenvalue weighted by Gasteiger charge is -2.06. The second-order valence-electron chi connectivity index (χ2n) is 5.04. The fourth-order valence-corrected chi connectivity index (χ4v) is 2.06. The minimum absolute atomic E-state index is 0.274. The van der Waals surface area contributed by atoms with Crippen LogP contribution in [0.3, 0.4) is 0 Å². The summed E-state index contributed by atoms with van der Waals surface area (Å²) in [6.45, 7) is 4.62. The van der Waals surface area contributed by atoms with Crippen LogP contribution in [0.15, 0.2) is 18.2 Å². The average Bonchev–Trinajstić information content (AvgIpc) is 2.36. The van der Waals surface area contributed by atoms with Gasteiger partial charge in [0.1, 0.15) is 0 Å². The Morgan fingerprint density at radius 1 is 1.11 bits per heavy atom.